The van der Waals surface area contributed by atoms with E-state index in [0.29, 0.717) is 13.2 Å². The molecule has 0 radical (unpaired) electrons. The first kappa shape index (κ1) is 16.8. The molecule has 0 bridgehead atoms. The van der Waals surface area contributed by atoms with Crippen LogP contribution in [-0.2, 0) is 9.47 Å². The van der Waals surface area contributed by atoms with Gasteiger partial charge in [-0.05, 0) is 32.7 Å². The maximum absolute atomic E-state index is 9.29. The molecule has 0 amide bonds. The quantitative estimate of drug-likeness (QED) is 0.514. The Balaban J connectivity index is 3.37. The van der Waals surface area contributed by atoms with Gasteiger partial charge >= 0.3 is 0 Å². The number of hydrogen-bond acceptors (Lipinski definition) is 4. The van der Waals surface area contributed by atoms with Crippen molar-refractivity contribution in [3.05, 3.63) is 0 Å². The lowest BCUT2D eigenvalue weighted by Crippen LogP contribution is -2.45. The molecule has 0 fully saturated rings. The first-order valence-corrected chi connectivity index (χ1v) is 6.70. The number of rotatable bonds is 12. The number of ether oxygens (including phenoxy) is 2. The lowest BCUT2D eigenvalue weighted by molar-refractivity contribution is 0.0431. The van der Waals surface area contributed by atoms with Crippen LogP contribution in [0, 0.1) is 0 Å². The summed E-state index contributed by atoms with van der Waals surface area (Å²) < 4.78 is 10.8. The molecule has 0 rings (SSSR count). The first-order valence-electron chi connectivity index (χ1n) is 6.70. The molecule has 104 valence electrons. The fourth-order valence-electron chi connectivity index (χ4n) is 1.68. The highest BCUT2D eigenvalue weighted by atomic mass is 16.5. The molecule has 2 N–H and O–H groups in total. The normalized spacial score (nSPS) is 14.8. The van der Waals surface area contributed by atoms with Crippen molar-refractivity contribution < 1.29 is 14.6 Å². The Hall–Kier alpha value is -0.160. The summed E-state index contributed by atoms with van der Waals surface area (Å²) in [5.74, 6) is 0. The Labute approximate surface area is 106 Å². The molecule has 1 atom stereocenters. The summed E-state index contributed by atoms with van der Waals surface area (Å²) in [6.07, 6.45) is 2.93. The standard InChI is InChI=1S/C13H29NO3/c1-4-8-16-10-11-17-9-6-7-13(3,12-15)14-5-2/h14-15H,4-12H2,1-3H3. The Bertz CT molecular complexity index is 167. The minimum atomic E-state index is -0.170. The van der Waals surface area contributed by atoms with Crippen LogP contribution in [0.1, 0.15) is 40.0 Å². The molecule has 0 aliphatic carbocycles. The molecule has 0 aromatic heterocycles. The average Bonchev–Trinajstić information content (AvgIpc) is 2.33. The fourth-order valence-corrected chi connectivity index (χ4v) is 1.68. The highest BCUT2D eigenvalue weighted by Crippen LogP contribution is 2.11. The van der Waals surface area contributed by atoms with Gasteiger partial charge in [0.2, 0.25) is 0 Å². The molecule has 4 nitrogen and oxygen atoms in total. The summed E-state index contributed by atoms with van der Waals surface area (Å²) in [6, 6.07) is 0. The van der Waals surface area contributed by atoms with Crippen molar-refractivity contribution in [2.24, 2.45) is 0 Å². The van der Waals surface area contributed by atoms with Gasteiger partial charge < -0.3 is 19.9 Å². The van der Waals surface area contributed by atoms with Gasteiger partial charge in [-0.15, -0.1) is 0 Å². The highest BCUT2D eigenvalue weighted by molar-refractivity contribution is 4.81. The van der Waals surface area contributed by atoms with E-state index in [4.69, 9.17) is 9.47 Å². The maximum atomic E-state index is 9.29. The summed E-state index contributed by atoms with van der Waals surface area (Å²) in [7, 11) is 0. The summed E-state index contributed by atoms with van der Waals surface area (Å²) in [5.41, 5.74) is -0.170. The van der Waals surface area contributed by atoms with E-state index in [2.05, 4.69) is 19.2 Å². The van der Waals surface area contributed by atoms with E-state index in [-0.39, 0.29) is 12.1 Å². The number of hydrogen-bond donors (Lipinski definition) is 2. The van der Waals surface area contributed by atoms with Crippen LogP contribution in [-0.4, -0.2) is 50.2 Å². The summed E-state index contributed by atoms with van der Waals surface area (Å²) >= 11 is 0. The summed E-state index contributed by atoms with van der Waals surface area (Å²) in [5, 5.41) is 12.6. The molecule has 1 unspecified atom stereocenters. The van der Waals surface area contributed by atoms with E-state index < -0.39 is 0 Å². The van der Waals surface area contributed by atoms with Gasteiger partial charge in [-0.3, -0.25) is 0 Å². The molecule has 0 spiro atoms. The van der Waals surface area contributed by atoms with Crippen molar-refractivity contribution in [2.75, 3.05) is 39.6 Å². The van der Waals surface area contributed by atoms with Gasteiger partial charge in [0, 0.05) is 18.8 Å². The van der Waals surface area contributed by atoms with Gasteiger partial charge in [-0.1, -0.05) is 13.8 Å². The van der Waals surface area contributed by atoms with Crippen LogP contribution in [0.4, 0.5) is 0 Å². The minimum Gasteiger partial charge on any atom is -0.394 e. The van der Waals surface area contributed by atoms with Crippen molar-refractivity contribution in [1.82, 2.24) is 5.32 Å². The summed E-state index contributed by atoms with van der Waals surface area (Å²) in [4.78, 5) is 0. The fraction of sp³-hybridized carbons (Fsp3) is 1.00. The highest BCUT2D eigenvalue weighted by Gasteiger charge is 2.20. The zero-order valence-corrected chi connectivity index (χ0v) is 11.6. The lowest BCUT2D eigenvalue weighted by Gasteiger charge is -2.28. The third-order valence-corrected chi connectivity index (χ3v) is 2.69. The maximum Gasteiger partial charge on any atom is 0.0700 e. The first-order chi connectivity index (χ1) is 8.18. The molecule has 0 heterocycles. The topological polar surface area (TPSA) is 50.7 Å². The SMILES string of the molecule is CCCOCCOCCCC(C)(CO)NCC. The van der Waals surface area contributed by atoms with Crippen LogP contribution in [0.3, 0.4) is 0 Å². The van der Waals surface area contributed by atoms with E-state index >= 15 is 0 Å². The van der Waals surface area contributed by atoms with E-state index in [1.807, 2.05) is 6.92 Å². The molecular formula is C13H29NO3. The van der Waals surface area contributed by atoms with Crippen LogP contribution in [0.15, 0.2) is 0 Å². The molecule has 0 aliphatic heterocycles. The second-order valence-corrected chi connectivity index (χ2v) is 4.58. The van der Waals surface area contributed by atoms with Crippen LogP contribution in [0.25, 0.3) is 0 Å². The summed E-state index contributed by atoms with van der Waals surface area (Å²) in [6.45, 7) is 10.1. The van der Waals surface area contributed by atoms with Crippen molar-refractivity contribution in [3.63, 3.8) is 0 Å². The van der Waals surface area contributed by atoms with E-state index in [0.717, 1.165) is 39.0 Å². The Morgan fingerprint density at radius 2 is 1.71 bits per heavy atom. The van der Waals surface area contributed by atoms with Crippen LogP contribution in [0.2, 0.25) is 0 Å². The zero-order chi connectivity index (χ0) is 13.0. The van der Waals surface area contributed by atoms with Gasteiger partial charge in [-0.25, -0.2) is 0 Å². The van der Waals surface area contributed by atoms with Gasteiger partial charge in [0.05, 0.1) is 19.8 Å². The predicted molar refractivity (Wildman–Crippen MR) is 70.3 cm³/mol. The van der Waals surface area contributed by atoms with Crippen molar-refractivity contribution in [3.8, 4) is 0 Å². The third-order valence-electron chi connectivity index (χ3n) is 2.69. The molecule has 4 heteroatoms. The van der Waals surface area contributed by atoms with Crippen molar-refractivity contribution >= 4 is 0 Å². The van der Waals surface area contributed by atoms with Crippen molar-refractivity contribution in [2.45, 2.75) is 45.6 Å². The number of aliphatic hydroxyl groups is 1. The molecule has 0 saturated heterocycles. The second kappa shape index (κ2) is 11.0. The largest absolute Gasteiger partial charge is 0.394 e. The molecule has 0 saturated carbocycles. The average molecular weight is 247 g/mol. The number of nitrogens with one attached hydrogen (secondary N) is 1. The third kappa shape index (κ3) is 9.53. The minimum absolute atomic E-state index is 0.167. The number of aliphatic hydroxyl groups excluding tert-OH is 1. The van der Waals surface area contributed by atoms with E-state index in [9.17, 15) is 5.11 Å². The van der Waals surface area contributed by atoms with Crippen LogP contribution < -0.4 is 5.32 Å². The van der Waals surface area contributed by atoms with Gasteiger partial charge in [0.1, 0.15) is 0 Å². The van der Waals surface area contributed by atoms with Gasteiger partial charge in [0.25, 0.3) is 0 Å². The Kier molecular flexibility index (Phi) is 10.9. The smallest absolute Gasteiger partial charge is 0.0700 e. The molecule has 0 aromatic rings. The lowest BCUT2D eigenvalue weighted by atomic mass is 9.97. The number of likely N-dealkylation sites (N-methyl/N-ethyl adjacent to an activating group) is 1. The Morgan fingerprint density at radius 3 is 2.24 bits per heavy atom. The predicted octanol–water partition coefficient (Wildman–Crippen LogP) is 1.57. The van der Waals surface area contributed by atoms with Gasteiger partial charge in [0.15, 0.2) is 0 Å². The van der Waals surface area contributed by atoms with Crippen molar-refractivity contribution in [1.29, 1.82) is 0 Å². The van der Waals surface area contributed by atoms with Gasteiger partial charge in [-0.2, -0.15) is 0 Å². The Morgan fingerprint density at radius 1 is 1.06 bits per heavy atom. The molecule has 0 aromatic carbocycles. The van der Waals surface area contributed by atoms with Crippen LogP contribution >= 0.6 is 0 Å². The van der Waals surface area contributed by atoms with Crippen LogP contribution in [0.5, 0.6) is 0 Å². The molecule has 17 heavy (non-hydrogen) atoms. The van der Waals surface area contributed by atoms with E-state index in [1.165, 1.54) is 0 Å². The molecule has 0 aliphatic rings. The molecular weight excluding hydrogens is 218 g/mol. The second-order valence-electron chi connectivity index (χ2n) is 4.58. The van der Waals surface area contributed by atoms with E-state index in [1.54, 1.807) is 0 Å². The zero-order valence-electron chi connectivity index (χ0n) is 11.6. The monoisotopic (exact) mass is 247 g/mol.